The number of thiophene rings is 1. The van der Waals surface area contributed by atoms with Gasteiger partial charge in [-0.15, -0.1) is 11.3 Å². The fraction of sp³-hybridized carbons (Fsp3) is 0.292. The van der Waals surface area contributed by atoms with Crippen LogP contribution in [0.15, 0.2) is 51.7 Å². The summed E-state index contributed by atoms with van der Waals surface area (Å²) in [4.78, 5) is 31.9. The van der Waals surface area contributed by atoms with Crippen molar-refractivity contribution in [3.05, 3.63) is 86.2 Å². The number of aryl methyl sites for hydroxylation is 1. The Hall–Kier alpha value is -3.19. The summed E-state index contributed by atoms with van der Waals surface area (Å²) in [5.41, 5.74) is 2.13. The summed E-state index contributed by atoms with van der Waals surface area (Å²) in [6, 6.07) is 12.9. The number of carbonyl (C=O) groups is 1. The van der Waals surface area contributed by atoms with Gasteiger partial charge < -0.3 is 9.52 Å². The minimum Gasteiger partial charge on any atom is -0.475 e. The molecule has 7 heteroatoms. The Labute approximate surface area is 182 Å². The van der Waals surface area contributed by atoms with Crippen molar-refractivity contribution in [2.75, 3.05) is 0 Å². The molecule has 0 aliphatic heterocycles. The van der Waals surface area contributed by atoms with Gasteiger partial charge in [-0.2, -0.15) is 0 Å². The molecule has 0 amide bonds. The Bertz CT molecular complexity index is 1330. The lowest BCUT2D eigenvalue weighted by Crippen LogP contribution is -2.26. The zero-order valence-corrected chi connectivity index (χ0v) is 17.9. The molecule has 3 heterocycles. The van der Waals surface area contributed by atoms with Crippen LogP contribution in [-0.4, -0.2) is 20.6 Å². The number of benzene rings is 1. The van der Waals surface area contributed by atoms with Crippen LogP contribution in [0.5, 0.6) is 0 Å². The van der Waals surface area contributed by atoms with Gasteiger partial charge in [0.15, 0.2) is 0 Å². The predicted molar refractivity (Wildman–Crippen MR) is 119 cm³/mol. The first-order valence-corrected chi connectivity index (χ1v) is 11.2. The summed E-state index contributed by atoms with van der Waals surface area (Å²) < 4.78 is 7.09. The van der Waals surface area contributed by atoms with E-state index in [0.29, 0.717) is 29.3 Å². The number of aromatic nitrogens is 2. The number of aromatic carboxylic acids is 1. The summed E-state index contributed by atoms with van der Waals surface area (Å²) in [6.45, 7) is 2.40. The van der Waals surface area contributed by atoms with E-state index in [1.165, 1.54) is 10.9 Å². The normalized spacial score (nSPS) is 15.8. The molecule has 1 aliphatic rings. The van der Waals surface area contributed by atoms with E-state index in [9.17, 15) is 9.59 Å². The van der Waals surface area contributed by atoms with Crippen LogP contribution < -0.4 is 5.56 Å². The highest BCUT2D eigenvalue weighted by atomic mass is 32.1. The first-order chi connectivity index (χ1) is 15.0. The van der Waals surface area contributed by atoms with Gasteiger partial charge in [0.25, 0.3) is 5.56 Å². The molecule has 0 bridgehead atoms. The van der Waals surface area contributed by atoms with Crippen LogP contribution in [0, 0.1) is 5.92 Å². The highest BCUT2D eigenvalue weighted by Crippen LogP contribution is 2.36. The lowest BCUT2D eigenvalue weighted by Gasteiger charge is -2.17. The quantitative estimate of drug-likeness (QED) is 0.499. The van der Waals surface area contributed by atoms with Crippen LogP contribution in [0.4, 0.5) is 0 Å². The number of rotatable bonds is 5. The number of fused-ring (bicyclic) bond motifs is 3. The van der Waals surface area contributed by atoms with Gasteiger partial charge in [0.1, 0.15) is 16.4 Å². The Morgan fingerprint density at radius 2 is 2.06 bits per heavy atom. The maximum atomic E-state index is 13.7. The van der Waals surface area contributed by atoms with Gasteiger partial charge in [0.2, 0.25) is 5.76 Å². The molecule has 0 saturated heterocycles. The molecule has 1 unspecified atom stereocenters. The van der Waals surface area contributed by atoms with E-state index in [1.807, 2.05) is 30.3 Å². The molecule has 5 rings (SSSR count). The predicted octanol–water partition coefficient (Wildman–Crippen LogP) is 4.51. The van der Waals surface area contributed by atoms with Crippen molar-refractivity contribution < 1.29 is 14.3 Å². The first-order valence-electron chi connectivity index (χ1n) is 10.4. The van der Waals surface area contributed by atoms with E-state index in [1.54, 1.807) is 22.0 Å². The fourth-order valence-electron chi connectivity index (χ4n) is 4.28. The van der Waals surface area contributed by atoms with Gasteiger partial charge >= 0.3 is 5.97 Å². The Kier molecular flexibility index (Phi) is 4.98. The van der Waals surface area contributed by atoms with Crippen LogP contribution in [0.25, 0.3) is 10.2 Å². The van der Waals surface area contributed by atoms with Gasteiger partial charge in [0.05, 0.1) is 11.9 Å². The smallest absolute Gasteiger partial charge is 0.371 e. The number of nitrogens with zero attached hydrogens (tertiary/aromatic N) is 2. The van der Waals surface area contributed by atoms with Crippen LogP contribution >= 0.6 is 11.3 Å². The monoisotopic (exact) mass is 434 g/mol. The lowest BCUT2D eigenvalue weighted by atomic mass is 9.89. The second-order valence-corrected chi connectivity index (χ2v) is 9.27. The van der Waals surface area contributed by atoms with E-state index in [0.717, 1.165) is 35.2 Å². The maximum absolute atomic E-state index is 13.7. The molecule has 0 saturated carbocycles. The summed E-state index contributed by atoms with van der Waals surface area (Å²) >= 11 is 1.64. The van der Waals surface area contributed by atoms with Gasteiger partial charge in [0, 0.05) is 11.3 Å². The van der Waals surface area contributed by atoms with E-state index in [4.69, 9.17) is 14.5 Å². The molecule has 1 aromatic carbocycles. The first kappa shape index (κ1) is 19.8. The number of furan rings is 1. The van der Waals surface area contributed by atoms with Crippen molar-refractivity contribution >= 4 is 27.5 Å². The Balaban J connectivity index is 1.65. The average molecular weight is 435 g/mol. The number of carboxylic acids is 1. The molecular formula is C24H22N2O4S. The van der Waals surface area contributed by atoms with Crippen molar-refractivity contribution in [2.24, 2.45) is 5.92 Å². The van der Waals surface area contributed by atoms with E-state index >= 15 is 0 Å². The second-order valence-electron chi connectivity index (χ2n) is 8.18. The van der Waals surface area contributed by atoms with Gasteiger partial charge in [-0.3, -0.25) is 9.36 Å². The minimum atomic E-state index is -1.13. The highest BCUT2D eigenvalue weighted by molar-refractivity contribution is 7.18. The highest BCUT2D eigenvalue weighted by Gasteiger charge is 2.25. The maximum Gasteiger partial charge on any atom is 0.371 e. The third-order valence-electron chi connectivity index (χ3n) is 5.89. The Morgan fingerprint density at radius 3 is 2.81 bits per heavy atom. The third kappa shape index (κ3) is 3.70. The average Bonchev–Trinajstić information content (AvgIpc) is 3.36. The van der Waals surface area contributed by atoms with Gasteiger partial charge in [-0.05, 0) is 48.4 Å². The molecule has 1 N–H and O–H groups in total. The fourth-order valence-corrected chi connectivity index (χ4v) is 5.67. The van der Waals surface area contributed by atoms with E-state index in [2.05, 4.69) is 6.92 Å². The molecule has 3 aromatic heterocycles. The number of carboxylic acid groups (broad SMARTS) is 1. The molecule has 31 heavy (non-hydrogen) atoms. The molecular weight excluding hydrogens is 412 g/mol. The molecule has 6 nitrogen and oxygen atoms in total. The van der Waals surface area contributed by atoms with Crippen LogP contribution in [0.1, 0.15) is 51.5 Å². The zero-order valence-electron chi connectivity index (χ0n) is 17.1. The standard InChI is InChI=1S/C24H22N2O4S/c1-14-7-9-17-19(11-14)31-22-21(17)23(27)26(13-16-8-10-18(30-16)24(28)29)20(25-22)12-15-5-3-2-4-6-15/h2-6,8,10,14H,7,9,11-13H2,1H3,(H,28,29). The van der Waals surface area contributed by atoms with Crippen LogP contribution in [0.3, 0.4) is 0 Å². The number of hydrogen-bond acceptors (Lipinski definition) is 5. The molecule has 4 aromatic rings. The summed E-state index contributed by atoms with van der Waals surface area (Å²) in [5, 5.41) is 9.88. The molecule has 0 fully saturated rings. The third-order valence-corrected chi connectivity index (χ3v) is 7.03. The van der Waals surface area contributed by atoms with Crippen molar-refractivity contribution in [3.63, 3.8) is 0 Å². The van der Waals surface area contributed by atoms with Crippen molar-refractivity contribution in [2.45, 2.75) is 39.2 Å². The molecule has 1 aliphatic carbocycles. The van der Waals surface area contributed by atoms with E-state index < -0.39 is 5.97 Å². The summed E-state index contributed by atoms with van der Waals surface area (Å²) in [5.74, 6) is 0.432. The largest absolute Gasteiger partial charge is 0.475 e. The number of hydrogen-bond donors (Lipinski definition) is 1. The van der Waals surface area contributed by atoms with Crippen molar-refractivity contribution in [3.8, 4) is 0 Å². The summed E-state index contributed by atoms with van der Waals surface area (Å²) in [7, 11) is 0. The van der Waals surface area contributed by atoms with E-state index in [-0.39, 0.29) is 17.9 Å². The topological polar surface area (TPSA) is 85.3 Å². The summed E-state index contributed by atoms with van der Waals surface area (Å²) in [6.07, 6.45) is 3.47. The SMILES string of the molecule is CC1CCc2c(sc3nc(Cc4ccccc4)n(Cc4ccc(C(=O)O)o4)c(=O)c23)C1. The van der Waals surface area contributed by atoms with Gasteiger partial charge in [-0.25, -0.2) is 9.78 Å². The lowest BCUT2D eigenvalue weighted by molar-refractivity contribution is 0.0660. The van der Waals surface area contributed by atoms with Crippen LogP contribution in [-0.2, 0) is 25.8 Å². The zero-order chi connectivity index (χ0) is 21.5. The van der Waals surface area contributed by atoms with Gasteiger partial charge in [-0.1, -0.05) is 37.3 Å². The molecule has 1 atom stereocenters. The van der Waals surface area contributed by atoms with Crippen molar-refractivity contribution in [1.29, 1.82) is 0 Å². The van der Waals surface area contributed by atoms with Crippen molar-refractivity contribution in [1.82, 2.24) is 9.55 Å². The molecule has 158 valence electrons. The molecule has 0 radical (unpaired) electrons. The second kappa shape index (κ2) is 7.81. The molecule has 0 spiro atoms. The Morgan fingerprint density at radius 1 is 1.26 bits per heavy atom. The minimum absolute atomic E-state index is 0.0729. The van der Waals surface area contributed by atoms with Crippen LogP contribution in [0.2, 0.25) is 0 Å².